The van der Waals surface area contributed by atoms with Crippen molar-refractivity contribution in [3.63, 3.8) is 0 Å². The van der Waals surface area contributed by atoms with Crippen molar-refractivity contribution in [3.05, 3.63) is 35.7 Å². The fourth-order valence-corrected chi connectivity index (χ4v) is 4.17. The van der Waals surface area contributed by atoms with E-state index < -0.39 is 11.7 Å². The van der Waals surface area contributed by atoms with Gasteiger partial charge < -0.3 is 9.42 Å². The molecule has 0 N–H and O–H groups in total. The van der Waals surface area contributed by atoms with Crippen LogP contribution in [0.3, 0.4) is 0 Å². The third-order valence-corrected chi connectivity index (χ3v) is 5.69. The Bertz CT molecular complexity index is 769. The van der Waals surface area contributed by atoms with Crippen molar-refractivity contribution in [1.82, 2.24) is 19.9 Å². The lowest BCUT2D eigenvalue weighted by atomic mass is 10.1. The highest BCUT2D eigenvalue weighted by Gasteiger charge is 2.31. The number of likely N-dealkylation sites (tertiary alicyclic amines) is 2. The number of alkyl halides is 3. The largest absolute Gasteiger partial charge is 0.416 e. The van der Waals surface area contributed by atoms with Gasteiger partial charge in [0.15, 0.2) is 0 Å². The molecule has 8 heteroatoms. The molecule has 1 aromatic carbocycles. The molecule has 28 heavy (non-hydrogen) atoms. The van der Waals surface area contributed by atoms with Crippen molar-refractivity contribution in [2.75, 3.05) is 26.2 Å². The second-order valence-corrected chi connectivity index (χ2v) is 7.71. The Morgan fingerprint density at radius 2 is 1.75 bits per heavy atom. The van der Waals surface area contributed by atoms with Gasteiger partial charge in [0.1, 0.15) is 0 Å². The summed E-state index contributed by atoms with van der Waals surface area (Å²) < 4.78 is 43.5. The number of aromatic nitrogens is 2. The monoisotopic (exact) mass is 394 g/mol. The number of piperidine rings is 1. The summed E-state index contributed by atoms with van der Waals surface area (Å²) in [6.07, 6.45) is 1.90. The number of hydrogen-bond donors (Lipinski definition) is 0. The van der Waals surface area contributed by atoms with Gasteiger partial charge in [-0.2, -0.15) is 18.2 Å². The van der Waals surface area contributed by atoms with Crippen LogP contribution in [0.15, 0.2) is 28.8 Å². The second kappa shape index (κ2) is 8.21. The van der Waals surface area contributed by atoms with Crippen LogP contribution < -0.4 is 0 Å². The van der Waals surface area contributed by atoms with E-state index in [2.05, 4.69) is 19.9 Å². The zero-order valence-electron chi connectivity index (χ0n) is 15.8. The minimum Gasteiger partial charge on any atom is -0.338 e. The molecule has 2 aromatic rings. The standard InChI is InChI=1S/C20H25F3N4O/c21-20(22,23)16-8-6-15(7-9-16)19-24-18(28-25-19)14-27-12-4-5-17(27)13-26-10-2-1-3-11-26/h6-9,17H,1-5,10-14H2. The molecule has 2 aliphatic rings. The zero-order valence-corrected chi connectivity index (χ0v) is 15.8. The molecule has 1 atom stereocenters. The Morgan fingerprint density at radius 3 is 2.46 bits per heavy atom. The fraction of sp³-hybridized carbons (Fsp3) is 0.600. The van der Waals surface area contributed by atoms with Crippen LogP contribution in [0.25, 0.3) is 11.4 Å². The maximum atomic E-state index is 12.7. The van der Waals surface area contributed by atoms with E-state index >= 15 is 0 Å². The molecular weight excluding hydrogens is 369 g/mol. The van der Waals surface area contributed by atoms with Gasteiger partial charge in [0.2, 0.25) is 11.7 Å². The molecule has 2 saturated heterocycles. The van der Waals surface area contributed by atoms with Gasteiger partial charge >= 0.3 is 6.18 Å². The minimum absolute atomic E-state index is 0.329. The first-order valence-electron chi connectivity index (χ1n) is 9.96. The molecule has 0 saturated carbocycles. The first kappa shape index (κ1) is 19.4. The van der Waals surface area contributed by atoms with Gasteiger partial charge in [0, 0.05) is 18.2 Å². The van der Waals surface area contributed by atoms with Gasteiger partial charge in [0.05, 0.1) is 12.1 Å². The lowest BCUT2D eigenvalue weighted by molar-refractivity contribution is -0.137. The quantitative estimate of drug-likeness (QED) is 0.760. The lowest BCUT2D eigenvalue weighted by Crippen LogP contribution is -2.42. The summed E-state index contributed by atoms with van der Waals surface area (Å²) in [6, 6.07) is 5.35. The molecule has 2 fully saturated rings. The van der Waals surface area contributed by atoms with E-state index in [1.807, 2.05) is 0 Å². The first-order valence-corrected chi connectivity index (χ1v) is 9.96. The van der Waals surface area contributed by atoms with Crippen LogP contribution in [0.5, 0.6) is 0 Å². The number of rotatable bonds is 5. The minimum atomic E-state index is -4.35. The van der Waals surface area contributed by atoms with Gasteiger partial charge in [-0.15, -0.1) is 0 Å². The fourth-order valence-electron chi connectivity index (χ4n) is 4.17. The predicted molar refractivity (Wildman–Crippen MR) is 98.5 cm³/mol. The Hall–Kier alpha value is -1.93. The molecule has 5 nitrogen and oxygen atoms in total. The van der Waals surface area contributed by atoms with Crippen LogP contribution in [0, 0.1) is 0 Å². The summed E-state index contributed by atoms with van der Waals surface area (Å²) in [4.78, 5) is 9.34. The number of hydrogen-bond acceptors (Lipinski definition) is 5. The second-order valence-electron chi connectivity index (χ2n) is 7.71. The van der Waals surface area contributed by atoms with Crippen molar-refractivity contribution in [1.29, 1.82) is 0 Å². The van der Waals surface area contributed by atoms with Gasteiger partial charge in [-0.3, -0.25) is 4.90 Å². The smallest absolute Gasteiger partial charge is 0.338 e. The molecule has 0 aliphatic carbocycles. The molecule has 3 heterocycles. The number of nitrogens with zero attached hydrogens (tertiary/aromatic N) is 4. The van der Waals surface area contributed by atoms with Crippen molar-refractivity contribution in [2.24, 2.45) is 0 Å². The molecule has 4 rings (SSSR count). The Kier molecular flexibility index (Phi) is 5.68. The summed E-state index contributed by atoms with van der Waals surface area (Å²) in [5.41, 5.74) is -0.160. The van der Waals surface area contributed by atoms with E-state index in [1.54, 1.807) is 0 Å². The van der Waals surface area contributed by atoms with Crippen LogP contribution in [0.4, 0.5) is 13.2 Å². The van der Waals surface area contributed by atoms with E-state index in [1.165, 1.54) is 57.3 Å². The van der Waals surface area contributed by atoms with Crippen LogP contribution in [0.1, 0.15) is 43.6 Å². The average molecular weight is 394 g/mol. The molecule has 1 aromatic heterocycles. The maximum Gasteiger partial charge on any atom is 0.416 e. The lowest BCUT2D eigenvalue weighted by Gasteiger charge is -2.32. The van der Waals surface area contributed by atoms with Gasteiger partial charge in [0.25, 0.3) is 0 Å². The highest BCUT2D eigenvalue weighted by Crippen LogP contribution is 2.30. The van der Waals surface area contributed by atoms with Crippen molar-refractivity contribution in [2.45, 2.75) is 50.9 Å². The van der Waals surface area contributed by atoms with Crippen LogP contribution in [-0.4, -0.2) is 52.2 Å². The Labute approximate surface area is 162 Å². The third-order valence-electron chi connectivity index (χ3n) is 5.69. The summed E-state index contributed by atoms with van der Waals surface area (Å²) >= 11 is 0. The molecule has 0 bridgehead atoms. The van der Waals surface area contributed by atoms with Gasteiger partial charge in [-0.1, -0.05) is 23.7 Å². The molecular formula is C20H25F3N4O. The summed E-state index contributed by atoms with van der Waals surface area (Å²) in [6.45, 7) is 5.05. The molecule has 2 aliphatic heterocycles. The highest BCUT2D eigenvalue weighted by atomic mass is 19.4. The van der Waals surface area contributed by atoms with Crippen LogP contribution >= 0.6 is 0 Å². The van der Waals surface area contributed by atoms with Gasteiger partial charge in [-0.05, 0) is 57.5 Å². The predicted octanol–water partition coefficient (Wildman–Crippen LogP) is 4.21. The van der Waals surface area contributed by atoms with E-state index in [0.717, 1.165) is 25.2 Å². The zero-order chi connectivity index (χ0) is 19.6. The first-order chi connectivity index (χ1) is 13.5. The SMILES string of the molecule is FC(F)(F)c1ccc(-c2noc(CN3CCCC3CN3CCCCC3)n2)cc1. The van der Waals surface area contributed by atoms with Crippen molar-refractivity contribution < 1.29 is 17.7 Å². The molecule has 152 valence electrons. The molecule has 0 amide bonds. The Balaban J connectivity index is 1.38. The highest BCUT2D eigenvalue weighted by molar-refractivity contribution is 5.54. The summed E-state index contributed by atoms with van der Waals surface area (Å²) in [5, 5.41) is 3.96. The van der Waals surface area contributed by atoms with Crippen LogP contribution in [0.2, 0.25) is 0 Å². The van der Waals surface area contributed by atoms with E-state index in [4.69, 9.17) is 4.52 Å². The molecule has 0 radical (unpaired) electrons. The van der Waals surface area contributed by atoms with Gasteiger partial charge in [-0.25, -0.2) is 0 Å². The Morgan fingerprint density at radius 1 is 1.00 bits per heavy atom. The summed E-state index contributed by atoms with van der Waals surface area (Å²) in [5.74, 6) is 0.843. The van der Waals surface area contributed by atoms with Crippen LogP contribution in [-0.2, 0) is 12.7 Å². The van der Waals surface area contributed by atoms with Crippen molar-refractivity contribution >= 4 is 0 Å². The maximum absolute atomic E-state index is 12.7. The average Bonchev–Trinajstić information content (AvgIpc) is 3.32. The van der Waals surface area contributed by atoms with Crippen molar-refractivity contribution in [3.8, 4) is 11.4 Å². The summed E-state index contributed by atoms with van der Waals surface area (Å²) in [7, 11) is 0. The normalized spacial score (nSPS) is 22.0. The third kappa shape index (κ3) is 4.55. The number of benzene rings is 1. The topological polar surface area (TPSA) is 45.4 Å². The van der Waals surface area contributed by atoms with E-state index in [-0.39, 0.29) is 0 Å². The molecule has 1 unspecified atom stereocenters. The number of halogens is 3. The molecule has 0 spiro atoms. The van der Waals surface area contributed by atoms with E-state index in [0.29, 0.717) is 29.9 Å². The van der Waals surface area contributed by atoms with E-state index in [9.17, 15) is 13.2 Å².